The predicted octanol–water partition coefficient (Wildman–Crippen LogP) is 5.17. The van der Waals surface area contributed by atoms with Gasteiger partial charge in [-0.05, 0) is 51.0 Å². The number of hydrogen-bond donors (Lipinski definition) is 0. The van der Waals surface area contributed by atoms with E-state index in [1.165, 1.54) is 0 Å². The summed E-state index contributed by atoms with van der Waals surface area (Å²) in [5, 5.41) is 0. The second kappa shape index (κ2) is 10.9. The highest BCUT2D eigenvalue weighted by atomic mass is 16.7. The van der Waals surface area contributed by atoms with Crippen molar-refractivity contribution < 1.29 is 23.8 Å². The van der Waals surface area contributed by atoms with Crippen LogP contribution in [0.25, 0.3) is 0 Å². The molecule has 2 aliphatic heterocycles. The maximum Gasteiger partial charge on any atom is 0.311 e. The molecule has 2 unspecified atom stereocenters. The maximum absolute atomic E-state index is 13.1. The summed E-state index contributed by atoms with van der Waals surface area (Å²) in [6.45, 7) is 16.3. The number of esters is 1. The van der Waals surface area contributed by atoms with Gasteiger partial charge in [-0.15, -0.1) is 0 Å². The molecule has 5 nitrogen and oxygen atoms in total. The average molecular weight is 423 g/mol. The molecule has 172 valence electrons. The normalized spacial score (nSPS) is 45.2. The van der Waals surface area contributed by atoms with E-state index >= 15 is 0 Å². The zero-order valence-corrected chi connectivity index (χ0v) is 20.1. The molecule has 2 aliphatic rings. The van der Waals surface area contributed by atoms with Crippen LogP contribution in [0.1, 0.15) is 74.7 Å². The molecule has 0 aromatic rings. The van der Waals surface area contributed by atoms with Crippen LogP contribution >= 0.6 is 0 Å². The Morgan fingerprint density at radius 3 is 2.30 bits per heavy atom. The van der Waals surface area contributed by atoms with Gasteiger partial charge >= 0.3 is 5.97 Å². The highest BCUT2D eigenvalue weighted by Crippen LogP contribution is 2.35. The van der Waals surface area contributed by atoms with Crippen LogP contribution in [0.4, 0.5) is 0 Å². The van der Waals surface area contributed by atoms with Crippen molar-refractivity contribution in [1.29, 1.82) is 0 Å². The van der Waals surface area contributed by atoms with E-state index in [1.807, 2.05) is 33.8 Å². The molecular weight excluding hydrogens is 380 g/mol. The van der Waals surface area contributed by atoms with Crippen molar-refractivity contribution in [3.8, 4) is 0 Å². The van der Waals surface area contributed by atoms with Crippen LogP contribution < -0.4 is 0 Å². The van der Waals surface area contributed by atoms with Gasteiger partial charge < -0.3 is 14.2 Å². The molecule has 2 heterocycles. The van der Waals surface area contributed by atoms with Gasteiger partial charge in [0, 0.05) is 17.8 Å². The average Bonchev–Trinajstić information content (AvgIpc) is 2.69. The second-order valence-electron chi connectivity index (χ2n) is 9.89. The monoisotopic (exact) mass is 422 g/mol. The van der Waals surface area contributed by atoms with E-state index in [-0.39, 0.29) is 60.0 Å². The van der Waals surface area contributed by atoms with Gasteiger partial charge in [-0.1, -0.05) is 47.6 Å². The van der Waals surface area contributed by atoms with Crippen LogP contribution in [-0.2, 0) is 23.8 Å². The molecule has 0 amide bonds. The number of carbonyl (C=O) groups is 2. The Kier molecular flexibility index (Phi) is 9.11. The van der Waals surface area contributed by atoms with Crippen molar-refractivity contribution in [2.75, 3.05) is 0 Å². The van der Waals surface area contributed by atoms with Gasteiger partial charge in [0.05, 0.1) is 18.1 Å². The largest absolute Gasteiger partial charge is 0.461 e. The first-order chi connectivity index (χ1) is 14.0. The summed E-state index contributed by atoms with van der Waals surface area (Å²) in [4.78, 5) is 25.7. The molecule has 1 saturated heterocycles. The van der Waals surface area contributed by atoms with Crippen LogP contribution in [0.5, 0.6) is 0 Å². The van der Waals surface area contributed by atoms with Gasteiger partial charge in [-0.3, -0.25) is 9.59 Å². The minimum atomic E-state index is -0.435. The van der Waals surface area contributed by atoms with E-state index in [0.717, 1.165) is 6.42 Å². The smallest absolute Gasteiger partial charge is 0.311 e. The Bertz CT molecular complexity index is 615. The maximum atomic E-state index is 13.1. The molecule has 10 atom stereocenters. The molecule has 30 heavy (non-hydrogen) atoms. The number of carbonyl (C=O) groups excluding carboxylic acids is 2. The van der Waals surface area contributed by atoms with Gasteiger partial charge in [0.15, 0.2) is 12.1 Å². The summed E-state index contributed by atoms with van der Waals surface area (Å²) in [5.41, 5.74) is 0. The summed E-state index contributed by atoms with van der Waals surface area (Å²) in [5.74, 6) is 0.0496. The fourth-order valence-corrected chi connectivity index (χ4v) is 4.77. The molecule has 5 heteroatoms. The predicted molar refractivity (Wildman–Crippen MR) is 118 cm³/mol. The van der Waals surface area contributed by atoms with Crippen molar-refractivity contribution in [3.63, 3.8) is 0 Å². The third-order valence-corrected chi connectivity index (χ3v) is 7.15. The minimum Gasteiger partial charge on any atom is -0.461 e. The van der Waals surface area contributed by atoms with Gasteiger partial charge in [0.2, 0.25) is 0 Å². The molecule has 0 aliphatic carbocycles. The molecule has 0 saturated carbocycles. The van der Waals surface area contributed by atoms with E-state index in [4.69, 9.17) is 14.2 Å². The Morgan fingerprint density at radius 1 is 1.00 bits per heavy atom. The van der Waals surface area contributed by atoms with Crippen molar-refractivity contribution in [2.24, 2.45) is 35.5 Å². The molecule has 2 rings (SSSR count). The minimum absolute atomic E-state index is 0.0121. The fourth-order valence-electron chi connectivity index (χ4n) is 4.77. The summed E-state index contributed by atoms with van der Waals surface area (Å²) in [6.07, 6.45) is 5.06. The number of cyclic esters (lactones) is 1. The summed E-state index contributed by atoms with van der Waals surface area (Å²) in [6, 6.07) is 0. The van der Waals surface area contributed by atoms with E-state index in [2.05, 4.69) is 27.7 Å². The first-order valence-corrected chi connectivity index (χ1v) is 11.8. The van der Waals surface area contributed by atoms with Gasteiger partial charge in [-0.25, -0.2) is 0 Å². The quantitative estimate of drug-likeness (QED) is 0.587. The number of ketones is 1. The van der Waals surface area contributed by atoms with Crippen LogP contribution in [0.3, 0.4) is 0 Å². The number of allylic oxidation sites excluding steroid dienone is 1. The topological polar surface area (TPSA) is 61.8 Å². The van der Waals surface area contributed by atoms with Crippen LogP contribution in [0, 0.1) is 35.5 Å². The lowest BCUT2D eigenvalue weighted by atomic mass is 9.83. The molecule has 0 bridgehead atoms. The summed E-state index contributed by atoms with van der Waals surface area (Å²) < 4.78 is 18.5. The number of hydrogen-bond acceptors (Lipinski definition) is 5. The molecule has 0 N–H and O–H groups in total. The van der Waals surface area contributed by atoms with E-state index in [1.54, 1.807) is 6.08 Å². The lowest BCUT2D eigenvalue weighted by Crippen LogP contribution is -2.46. The SMILES string of the molecule is CC[C@H]1OC(=O)[C@H](C)[C@@H](O[C@@H]2OC(C)CC(C)[C@H]2C)[C@@H](C)C[C@@H](C)C(=O)/C=C/[C@H]1C. The van der Waals surface area contributed by atoms with Gasteiger partial charge in [-0.2, -0.15) is 0 Å². The first-order valence-electron chi connectivity index (χ1n) is 11.8. The Morgan fingerprint density at radius 2 is 1.67 bits per heavy atom. The second-order valence-corrected chi connectivity index (χ2v) is 9.89. The molecular formula is C25H42O5. The Hall–Kier alpha value is -1.20. The fraction of sp³-hybridized carbons (Fsp3) is 0.840. The Balaban J connectivity index is 2.30. The van der Waals surface area contributed by atoms with Crippen LogP contribution in [-0.4, -0.2) is 36.4 Å². The highest BCUT2D eigenvalue weighted by Gasteiger charge is 2.40. The molecule has 0 aromatic heterocycles. The van der Waals surface area contributed by atoms with Crippen molar-refractivity contribution in [2.45, 2.75) is 99.3 Å². The zero-order valence-electron chi connectivity index (χ0n) is 20.1. The molecule has 0 aromatic carbocycles. The Labute approximate surface area is 182 Å². The standard InChI is InChI=1S/C25H42O5/c1-9-22-14(2)10-11-21(26)16(4)12-17(5)23(20(8)24(27)29-22)30-25-19(7)15(3)13-18(6)28-25/h10-11,14-20,22-23,25H,9,12-13H2,1-8H3/b11-10+/t14-,15?,16-,17+,18?,19-,20-,22-,23+,25+/m1/s1. The highest BCUT2D eigenvalue weighted by molar-refractivity contribution is 5.91. The van der Waals surface area contributed by atoms with Gasteiger partial charge in [0.25, 0.3) is 0 Å². The molecule has 1 fully saturated rings. The van der Waals surface area contributed by atoms with Crippen molar-refractivity contribution in [1.82, 2.24) is 0 Å². The van der Waals surface area contributed by atoms with Crippen LogP contribution in [0.2, 0.25) is 0 Å². The third kappa shape index (κ3) is 6.16. The van der Waals surface area contributed by atoms with E-state index in [0.29, 0.717) is 18.8 Å². The molecule has 0 radical (unpaired) electrons. The van der Waals surface area contributed by atoms with Crippen molar-refractivity contribution in [3.05, 3.63) is 12.2 Å². The zero-order chi connectivity index (χ0) is 22.6. The molecule has 0 spiro atoms. The van der Waals surface area contributed by atoms with Gasteiger partial charge in [0.1, 0.15) is 6.10 Å². The van der Waals surface area contributed by atoms with Crippen LogP contribution in [0.15, 0.2) is 12.2 Å². The first kappa shape index (κ1) is 25.1. The van der Waals surface area contributed by atoms with E-state index in [9.17, 15) is 9.59 Å². The van der Waals surface area contributed by atoms with E-state index < -0.39 is 5.92 Å². The lowest BCUT2D eigenvalue weighted by molar-refractivity contribution is -0.260. The number of ether oxygens (including phenoxy) is 3. The lowest BCUT2D eigenvalue weighted by Gasteiger charge is -2.41. The van der Waals surface area contributed by atoms with Crippen molar-refractivity contribution >= 4 is 11.8 Å². The summed E-state index contributed by atoms with van der Waals surface area (Å²) >= 11 is 0. The third-order valence-electron chi connectivity index (χ3n) is 7.15. The summed E-state index contributed by atoms with van der Waals surface area (Å²) in [7, 11) is 0. The number of rotatable bonds is 3.